The number of hydrogen-bond acceptors (Lipinski definition) is 6. The van der Waals surface area contributed by atoms with Gasteiger partial charge in [-0.25, -0.2) is 0 Å². The molecule has 2 aromatic rings. The van der Waals surface area contributed by atoms with Gasteiger partial charge in [-0.1, -0.05) is 5.16 Å². The third kappa shape index (κ3) is 3.21. The van der Waals surface area contributed by atoms with Gasteiger partial charge in [0.2, 0.25) is 5.89 Å². The molecule has 0 aliphatic rings. The van der Waals surface area contributed by atoms with Crippen LogP contribution in [0.3, 0.4) is 0 Å². The Morgan fingerprint density at radius 1 is 1.47 bits per heavy atom. The lowest BCUT2D eigenvalue weighted by Gasteiger charge is -2.09. The van der Waals surface area contributed by atoms with E-state index in [0.717, 1.165) is 0 Å². The maximum Gasteiger partial charge on any atom is 0.250 e. The van der Waals surface area contributed by atoms with E-state index in [1.807, 2.05) is 0 Å². The van der Waals surface area contributed by atoms with E-state index in [-0.39, 0.29) is 0 Å². The van der Waals surface area contributed by atoms with Crippen LogP contribution in [0, 0.1) is 6.92 Å². The fourth-order valence-electron chi connectivity index (χ4n) is 1.67. The number of anilines is 2. The van der Waals surface area contributed by atoms with Crippen molar-refractivity contribution in [3.05, 3.63) is 35.5 Å². The largest absolute Gasteiger partial charge is 0.399 e. The number of carbonyl (C=O) groups excluding carboxylic acids is 1. The predicted octanol–water partition coefficient (Wildman–Crippen LogP) is 0.714. The first-order valence-corrected chi connectivity index (χ1v) is 5.78. The molecule has 1 heterocycles. The first kappa shape index (κ1) is 12.9. The summed E-state index contributed by atoms with van der Waals surface area (Å²) in [5.74, 6) is 0.629. The van der Waals surface area contributed by atoms with Gasteiger partial charge in [-0.15, -0.1) is 0 Å². The van der Waals surface area contributed by atoms with Crippen LogP contribution >= 0.6 is 0 Å². The summed E-state index contributed by atoms with van der Waals surface area (Å²) in [4.78, 5) is 15.4. The Bertz CT molecular complexity index is 594. The zero-order valence-electron chi connectivity index (χ0n) is 10.5. The summed E-state index contributed by atoms with van der Waals surface area (Å²) in [6, 6.07) is 4.90. The second-order valence-electron chi connectivity index (χ2n) is 4.08. The number of nitrogens with zero attached hydrogens (tertiary/aromatic N) is 2. The van der Waals surface area contributed by atoms with Crippen LogP contribution < -0.4 is 16.8 Å². The number of carbonyl (C=O) groups is 1. The van der Waals surface area contributed by atoms with Crippen molar-refractivity contribution in [3.63, 3.8) is 0 Å². The molecule has 0 radical (unpaired) electrons. The Hall–Kier alpha value is -2.57. The molecule has 0 saturated heterocycles. The molecule has 0 spiro atoms. The van der Waals surface area contributed by atoms with Crippen LogP contribution in [0.1, 0.15) is 22.1 Å². The van der Waals surface area contributed by atoms with E-state index in [9.17, 15) is 4.79 Å². The van der Waals surface area contributed by atoms with Crippen LogP contribution in [-0.4, -0.2) is 22.6 Å². The van der Waals surface area contributed by atoms with Gasteiger partial charge in [-0.3, -0.25) is 4.79 Å². The van der Waals surface area contributed by atoms with E-state index in [1.54, 1.807) is 25.1 Å². The summed E-state index contributed by atoms with van der Waals surface area (Å²) < 4.78 is 4.87. The minimum absolute atomic E-state index is 0.401. The van der Waals surface area contributed by atoms with Gasteiger partial charge in [-0.2, -0.15) is 4.98 Å². The van der Waals surface area contributed by atoms with Gasteiger partial charge in [0.05, 0.1) is 5.56 Å². The first-order chi connectivity index (χ1) is 9.06. The number of rotatable bonds is 5. The Balaban J connectivity index is 2.02. The van der Waals surface area contributed by atoms with Crippen LogP contribution in [0.4, 0.5) is 11.4 Å². The highest BCUT2D eigenvalue weighted by Crippen LogP contribution is 2.18. The molecule has 7 heteroatoms. The van der Waals surface area contributed by atoms with Gasteiger partial charge in [0.25, 0.3) is 5.91 Å². The van der Waals surface area contributed by atoms with Crippen LogP contribution in [0.2, 0.25) is 0 Å². The van der Waals surface area contributed by atoms with Gasteiger partial charge >= 0.3 is 0 Å². The van der Waals surface area contributed by atoms with Crippen molar-refractivity contribution in [2.75, 3.05) is 17.6 Å². The zero-order chi connectivity index (χ0) is 13.8. The molecule has 0 fully saturated rings. The van der Waals surface area contributed by atoms with Crippen molar-refractivity contribution >= 4 is 17.3 Å². The van der Waals surface area contributed by atoms with Crippen LogP contribution in [0.5, 0.6) is 0 Å². The molecular weight excluding hydrogens is 246 g/mol. The lowest BCUT2D eigenvalue weighted by atomic mass is 10.1. The first-order valence-electron chi connectivity index (χ1n) is 5.78. The average molecular weight is 261 g/mol. The highest BCUT2D eigenvalue weighted by atomic mass is 16.5. The summed E-state index contributed by atoms with van der Waals surface area (Å²) in [5, 5.41) is 6.87. The molecule has 5 N–H and O–H groups in total. The molecule has 0 atom stereocenters. The van der Waals surface area contributed by atoms with Crippen LogP contribution in [0.25, 0.3) is 0 Å². The number of benzene rings is 1. The van der Waals surface area contributed by atoms with E-state index in [4.69, 9.17) is 16.0 Å². The van der Waals surface area contributed by atoms with E-state index >= 15 is 0 Å². The molecule has 1 aromatic heterocycles. The second-order valence-corrected chi connectivity index (χ2v) is 4.08. The van der Waals surface area contributed by atoms with Crippen molar-refractivity contribution in [2.45, 2.75) is 13.3 Å². The Morgan fingerprint density at radius 2 is 2.26 bits per heavy atom. The third-order valence-electron chi connectivity index (χ3n) is 2.54. The minimum atomic E-state index is -0.502. The topological polar surface area (TPSA) is 120 Å². The van der Waals surface area contributed by atoms with Crippen molar-refractivity contribution in [1.82, 2.24) is 10.1 Å². The van der Waals surface area contributed by atoms with E-state index in [1.165, 1.54) is 0 Å². The van der Waals surface area contributed by atoms with Gasteiger partial charge in [0.1, 0.15) is 0 Å². The zero-order valence-corrected chi connectivity index (χ0v) is 10.5. The maximum atomic E-state index is 11.3. The summed E-state index contributed by atoms with van der Waals surface area (Å²) >= 11 is 0. The molecule has 2 rings (SSSR count). The number of nitrogen functional groups attached to an aromatic ring is 1. The molecule has 100 valence electrons. The molecule has 0 aliphatic heterocycles. The number of hydrogen-bond donors (Lipinski definition) is 3. The number of primary amides is 1. The highest BCUT2D eigenvalue weighted by Gasteiger charge is 2.08. The van der Waals surface area contributed by atoms with Gasteiger partial charge in [-0.05, 0) is 18.2 Å². The Morgan fingerprint density at radius 3 is 2.89 bits per heavy atom. The molecule has 19 heavy (non-hydrogen) atoms. The Kier molecular flexibility index (Phi) is 3.65. The molecule has 1 aromatic carbocycles. The fourth-order valence-corrected chi connectivity index (χ4v) is 1.67. The number of amides is 1. The highest BCUT2D eigenvalue weighted by molar-refractivity contribution is 5.99. The van der Waals surface area contributed by atoms with Gasteiger partial charge in [0.15, 0.2) is 5.82 Å². The van der Waals surface area contributed by atoms with Crippen molar-refractivity contribution in [3.8, 4) is 0 Å². The SMILES string of the molecule is Cc1nc(CCNc2cc(N)ccc2C(N)=O)no1. The minimum Gasteiger partial charge on any atom is -0.399 e. The molecule has 0 unspecified atom stereocenters. The lowest BCUT2D eigenvalue weighted by molar-refractivity contribution is 0.100. The second kappa shape index (κ2) is 5.38. The molecule has 7 nitrogen and oxygen atoms in total. The number of aryl methyl sites for hydroxylation is 1. The van der Waals surface area contributed by atoms with Crippen molar-refractivity contribution in [2.24, 2.45) is 5.73 Å². The lowest BCUT2D eigenvalue weighted by Crippen LogP contribution is -2.16. The van der Waals surface area contributed by atoms with Gasteiger partial charge < -0.3 is 21.3 Å². The number of nitrogens with two attached hydrogens (primary N) is 2. The smallest absolute Gasteiger partial charge is 0.250 e. The molecular formula is C12H15N5O2. The van der Waals surface area contributed by atoms with E-state index < -0.39 is 5.91 Å². The van der Waals surface area contributed by atoms with Gasteiger partial charge in [0, 0.05) is 31.3 Å². The third-order valence-corrected chi connectivity index (χ3v) is 2.54. The normalized spacial score (nSPS) is 10.4. The van der Waals surface area contributed by atoms with Crippen LogP contribution in [-0.2, 0) is 6.42 Å². The summed E-state index contributed by atoms with van der Waals surface area (Å²) in [5.41, 5.74) is 12.5. The monoisotopic (exact) mass is 261 g/mol. The molecule has 1 amide bonds. The summed E-state index contributed by atoms with van der Waals surface area (Å²) in [6.07, 6.45) is 0.574. The molecule has 0 saturated carbocycles. The van der Waals surface area contributed by atoms with Crippen LogP contribution in [0.15, 0.2) is 22.7 Å². The molecule has 0 aliphatic carbocycles. The van der Waals surface area contributed by atoms with Crippen molar-refractivity contribution < 1.29 is 9.32 Å². The quantitative estimate of drug-likeness (QED) is 0.682. The van der Waals surface area contributed by atoms with Crippen molar-refractivity contribution in [1.29, 1.82) is 0 Å². The summed E-state index contributed by atoms with van der Waals surface area (Å²) in [6.45, 7) is 2.27. The standard InChI is InChI=1S/C12H15N5O2/c1-7-16-11(17-19-7)4-5-15-10-6-8(13)2-3-9(10)12(14)18/h2-3,6,15H,4-5,13H2,1H3,(H2,14,18). The Labute approximate surface area is 110 Å². The summed E-state index contributed by atoms with van der Waals surface area (Å²) in [7, 11) is 0. The van der Waals surface area contributed by atoms with E-state index in [0.29, 0.717) is 41.6 Å². The number of nitrogens with one attached hydrogen (secondary N) is 1. The fraction of sp³-hybridized carbons (Fsp3) is 0.250. The van der Waals surface area contributed by atoms with E-state index in [2.05, 4.69) is 15.5 Å². The average Bonchev–Trinajstić information content (AvgIpc) is 2.75. The molecule has 0 bridgehead atoms. The maximum absolute atomic E-state index is 11.3. The predicted molar refractivity (Wildman–Crippen MR) is 70.6 cm³/mol. The number of aromatic nitrogens is 2.